The van der Waals surface area contributed by atoms with Crippen molar-refractivity contribution in [1.29, 1.82) is 0 Å². The Morgan fingerprint density at radius 3 is 2.20 bits per heavy atom. The van der Waals surface area contributed by atoms with E-state index < -0.39 is 0 Å². The zero-order chi connectivity index (χ0) is 14.5. The summed E-state index contributed by atoms with van der Waals surface area (Å²) in [6, 6.07) is 4.20. The van der Waals surface area contributed by atoms with Gasteiger partial charge in [-0.05, 0) is 40.8 Å². The van der Waals surface area contributed by atoms with Gasteiger partial charge in [0, 0.05) is 36.4 Å². The third kappa shape index (κ3) is 2.28. The number of likely N-dealkylation sites (N-methyl/N-ethyl adjacent to an activating group) is 1. The molecular weight excluding hydrogens is 251 g/mol. The standard InChI is InChI=1S/C15H23BN2O2/c1-14(2)15(3,4)20-16(19-14)12-6-7-13(17-8-12)11-9-18(5)10-11/h6-8,11H,9-10H2,1-5H3. The van der Waals surface area contributed by atoms with E-state index in [1.165, 1.54) is 5.69 Å². The topological polar surface area (TPSA) is 34.6 Å². The van der Waals surface area contributed by atoms with Gasteiger partial charge >= 0.3 is 7.12 Å². The molecule has 0 bridgehead atoms. The van der Waals surface area contributed by atoms with Crippen LogP contribution in [0.4, 0.5) is 0 Å². The van der Waals surface area contributed by atoms with Gasteiger partial charge in [-0.1, -0.05) is 6.07 Å². The largest absolute Gasteiger partial charge is 0.496 e. The molecule has 1 aromatic heterocycles. The number of rotatable bonds is 2. The molecule has 0 unspecified atom stereocenters. The summed E-state index contributed by atoms with van der Waals surface area (Å²) >= 11 is 0. The molecule has 0 N–H and O–H groups in total. The molecule has 4 nitrogen and oxygen atoms in total. The van der Waals surface area contributed by atoms with E-state index in [1.807, 2.05) is 6.20 Å². The Hall–Kier alpha value is -0.905. The van der Waals surface area contributed by atoms with Gasteiger partial charge in [0.25, 0.3) is 0 Å². The van der Waals surface area contributed by atoms with E-state index in [0.29, 0.717) is 5.92 Å². The smallest absolute Gasteiger partial charge is 0.399 e. The van der Waals surface area contributed by atoms with Gasteiger partial charge < -0.3 is 14.2 Å². The Balaban J connectivity index is 1.73. The fourth-order valence-corrected chi connectivity index (χ4v) is 2.66. The Labute approximate surface area is 121 Å². The SMILES string of the molecule is CN1CC(c2ccc(B3OC(C)(C)C(C)(C)O3)cn2)C1. The molecule has 0 aliphatic carbocycles. The van der Waals surface area contributed by atoms with Crippen LogP contribution < -0.4 is 5.46 Å². The summed E-state index contributed by atoms with van der Waals surface area (Å²) in [5.74, 6) is 0.576. The first kappa shape index (κ1) is 14.0. The number of likely N-dealkylation sites (tertiary alicyclic amines) is 1. The minimum Gasteiger partial charge on any atom is -0.399 e. The molecule has 2 aliphatic rings. The summed E-state index contributed by atoms with van der Waals surface area (Å²) < 4.78 is 12.1. The van der Waals surface area contributed by atoms with E-state index in [9.17, 15) is 0 Å². The molecule has 0 aromatic carbocycles. The summed E-state index contributed by atoms with van der Waals surface area (Å²) in [4.78, 5) is 6.89. The van der Waals surface area contributed by atoms with Gasteiger partial charge in [0.2, 0.25) is 0 Å². The van der Waals surface area contributed by atoms with Gasteiger partial charge in [-0.15, -0.1) is 0 Å². The van der Waals surface area contributed by atoms with E-state index in [1.54, 1.807) is 0 Å². The third-order valence-electron chi connectivity index (χ3n) is 4.82. The summed E-state index contributed by atoms with van der Waals surface area (Å²) in [5.41, 5.74) is 1.57. The van der Waals surface area contributed by atoms with Gasteiger partial charge in [-0.25, -0.2) is 0 Å². The molecule has 2 aliphatic heterocycles. The summed E-state index contributed by atoms with van der Waals surface area (Å²) in [7, 11) is 1.82. The van der Waals surface area contributed by atoms with Gasteiger partial charge in [0.15, 0.2) is 0 Å². The molecule has 0 spiro atoms. The molecule has 1 aromatic rings. The molecule has 0 amide bonds. The first-order valence-corrected chi connectivity index (χ1v) is 7.28. The normalized spacial score (nSPS) is 25.8. The average Bonchev–Trinajstić information content (AvgIpc) is 2.55. The molecule has 0 saturated carbocycles. The molecule has 2 saturated heterocycles. The number of nitrogens with zero attached hydrogens (tertiary/aromatic N) is 2. The van der Waals surface area contributed by atoms with Crippen molar-refractivity contribution >= 4 is 12.6 Å². The van der Waals surface area contributed by atoms with Gasteiger partial charge in [-0.3, -0.25) is 4.98 Å². The van der Waals surface area contributed by atoms with Crippen LogP contribution in [0.1, 0.15) is 39.3 Å². The molecule has 5 heteroatoms. The molecule has 108 valence electrons. The molecule has 3 heterocycles. The quantitative estimate of drug-likeness (QED) is 0.764. The third-order valence-corrected chi connectivity index (χ3v) is 4.82. The molecular formula is C15H23BN2O2. The van der Waals surface area contributed by atoms with Crippen LogP contribution in [-0.2, 0) is 9.31 Å². The van der Waals surface area contributed by atoms with E-state index in [4.69, 9.17) is 9.31 Å². The summed E-state index contributed by atoms with van der Waals surface area (Å²) in [6.45, 7) is 10.5. The molecule has 0 radical (unpaired) electrons. The monoisotopic (exact) mass is 274 g/mol. The lowest BCUT2D eigenvalue weighted by molar-refractivity contribution is 0.00578. The number of aromatic nitrogens is 1. The number of hydrogen-bond donors (Lipinski definition) is 0. The van der Waals surface area contributed by atoms with Crippen LogP contribution in [0.3, 0.4) is 0 Å². The predicted octanol–water partition coefficient (Wildman–Crippen LogP) is 1.41. The first-order valence-electron chi connectivity index (χ1n) is 7.28. The number of pyridine rings is 1. The van der Waals surface area contributed by atoms with Crippen LogP contribution in [0.15, 0.2) is 18.3 Å². The Morgan fingerprint density at radius 1 is 1.15 bits per heavy atom. The van der Waals surface area contributed by atoms with Crippen LogP contribution in [0.5, 0.6) is 0 Å². The minimum atomic E-state index is -0.314. The van der Waals surface area contributed by atoms with Crippen molar-refractivity contribution in [2.45, 2.75) is 44.8 Å². The predicted molar refractivity (Wildman–Crippen MR) is 80.2 cm³/mol. The highest BCUT2D eigenvalue weighted by atomic mass is 16.7. The van der Waals surface area contributed by atoms with E-state index in [0.717, 1.165) is 18.6 Å². The number of hydrogen-bond acceptors (Lipinski definition) is 4. The maximum Gasteiger partial charge on any atom is 0.496 e. The van der Waals surface area contributed by atoms with E-state index in [-0.39, 0.29) is 18.3 Å². The average molecular weight is 274 g/mol. The molecule has 2 fully saturated rings. The van der Waals surface area contributed by atoms with Crippen molar-refractivity contribution in [3.63, 3.8) is 0 Å². The maximum absolute atomic E-state index is 6.04. The Bertz CT molecular complexity index is 479. The van der Waals surface area contributed by atoms with Crippen LogP contribution in [0.2, 0.25) is 0 Å². The molecule has 20 heavy (non-hydrogen) atoms. The van der Waals surface area contributed by atoms with Crippen LogP contribution in [0, 0.1) is 0 Å². The zero-order valence-corrected chi connectivity index (χ0v) is 13.0. The van der Waals surface area contributed by atoms with E-state index >= 15 is 0 Å². The van der Waals surface area contributed by atoms with Crippen molar-refractivity contribution < 1.29 is 9.31 Å². The second kappa shape index (κ2) is 4.55. The molecule has 0 atom stereocenters. The summed E-state index contributed by atoms with van der Waals surface area (Å²) in [6.07, 6.45) is 1.90. The van der Waals surface area contributed by atoms with Crippen molar-refractivity contribution in [1.82, 2.24) is 9.88 Å². The van der Waals surface area contributed by atoms with Gasteiger partial charge in [-0.2, -0.15) is 0 Å². The first-order chi connectivity index (χ1) is 9.28. The Morgan fingerprint density at radius 2 is 1.75 bits per heavy atom. The maximum atomic E-state index is 6.04. The molecule has 3 rings (SSSR count). The zero-order valence-electron chi connectivity index (χ0n) is 13.0. The second-order valence-electron chi connectivity index (χ2n) is 7.02. The fraction of sp³-hybridized carbons (Fsp3) is 0.667. The van der Waals surface area contributed by atoms with Gasteiger partial charge in [0.05, 0.1) is 11.2 Å². The highest BCUT2D eigenvalue weighted by Crippen LogP contribution is 2.36. The lowest BCUT2D eigenvalue weighted by Crippen LogP contribution is -2.42. The summed E-state index contributed by atoms with van der Waals surface area (Å²) in [5, 5.41) is 0. The van der Waals surface area contributed by atoms with Crippen molar-refractivity contribution in [2.75, 3.05) is 20.1 Å². The van der Waals surface area contributed by atoms with Crippen molar-refractivity contribution in [3.8, 4) is 0 Å². The van der Waals surface area contributed by atoms with Crippen molar-refractivity contribution in [2.24, 2.45) is 0 Å². The fourth-order valence-electron chi connectivity index (χ4n) is 2.66. The van der Waals surface area contributed by atoms with Gasteiger partial charge in [0.1, 0.15) is 0 Å². The van der Waals surface area contributed by atoms with Crippen molar-refractivity contribution in [3.05, 3.63) is 24.0 Å². The van der Waals surface area contributed by atoms with Crippen LogP contribution in [0.25, 0.3) is 0 Å². The van der Waals surface area contributed by atoms with Crippen LogP contribution in [-0.4, -0.2) is 48.3 Å². The lowest BCUT2D eigenvalue weighted by Gasteiger charge is -2.35. The lowest BCUT2D eigenvalue weighted by atomic mass is 9.80. The van der Waals surface area contributed by atoms with E-state index in [2.05, 4.69) is 56.8 Å². The highest BCUT2D eigenvalue weighted by Gasteiger charge is 2.51. The minimum absolute atomic E-state index is 0.299. The Kier molecular flexibility index (Phi) is 3.20. The highest BCUT2D eigenvalue weighted by molar-refractivity contribution is 6.62. The second-order valence-corrected chi connectivity index (χ2v) is 7.02. The van der Waals surface area contributed by atoms with Crippen LogP contribution >= 0.6 is 0 Å².